The molecular weight excluding hydrogens is 200 g/mol. The number of nitrogens with zero attached hydrogens (tertiary/aromatic N) is 3. The van der Waals surface area contributed by atoms with Crippen molar-refractivity contribution in [1.29, 1.82) is 0 Å². The Hall–Kier alpha value is -1.84. The van der Waals surface area contributed by atoms with Crippen molar-refractivity contribution in [3.8, 4) is 0 Å². The minimum Gasteiger partial charge on any atom is -0.370 e. The Kier molecular flexibility index (Phi) is 3.53. The van der Waals surface area contributed by atoms with Gasteiger partial charge in [-0.05, 0) is 24.1 Å². The number of aromatic nitrogens is 3. The fourth-order valence-electron chi connectivity index (χ4n) is 1.51. The molecule has 0 fully saturated rings. The second-order valence-corrected chi connectivity index (χ2v) is 3.71. The monoisotopic (exact) mass is 216 g/mol. The van der Waals surface area contributed by atoms with E-state index in [1.807, 2.05) is 29.4 Å². The number of anilines is 1. The molecule has 0 aromatic carbocycles. The van der Waals surface area contributed by atoms with Crippen molar-refractivity contribution >= 4 is 5.82 Å². The third kappa shape index (κ3) is 2.82. The molecule has 0 saturated heterocycles. The first-order valence-corrected chi connectivity index (χ1v) is 5.53. The number of nitrogens with one attached hydrogen (secondary N) is 1. The number of hydrogen-bond donors (Lipinski definition) is 1. The van der Waals surface area contributed by atoms with Crippen LogP contribution in [0.1, 0.15) is 18.9 Å². The predicted molar refractivity (Wildman–Crippen MR) is 64.3 cm³/mol. The molecule has 1 N–H and O–H groups in total. The molecule has 4 heteroatoms. The van der Waals surface area contributed by atoms with E-state index in [1.165, 1.54) is 5.56 Å². The molecule has 0 amide bonds. The molecule has 2 aromatic heterocycles. The lowest BCUT2D eigenvalue weighted by Gasteiger charge is -2.06. The normalized spacial score (nSPS) is 10.3. The number of pyridine rings is 1. The lowest BCUT2D eigenvalue weighted by Crippen LogP contribution is -2.03. The van der Waals surface area contributed by atoms with Crippen molar-refractivity contribution in [2.45, 2.75) is 19.9 Å². The Bertz CT molecular complexity index is 422. The lowest BCUT2D eigenvalue weighted by molar-refractivity contribution is 0.795. The summed E-state index contributed by atoms with van der Waals surface area (Å²) in [5.74, 6) is 0.944. The first-order chi connectivity index (χ1) is 7.88. The molecule has 16 heavy (non-hydrogen) atoms. The fraction of sp³-hybridized carbons (Fsp3) is 0.333. The molecule has 0 spiro atoms. The van der Waals surface area contributed by atoms with Crippen LogP contribution in [0.25, 0.3) is 0 Å². The van der Waals surface area contributed by atoms with Crippen molar-refractivity contribution < 1.29 is 0 Å². The van der Waals surface area contributed by atoms with Crippen LogP contribution < -0.4 is 5.32 Å². The minimum atomic E-state index is 0.837. The van der Waals surface area contributed by atoms with Gasteiger partial charge in [0.25, 0.3) is 0 Å². The fourth-order valence-corrected chi connectivity index (χ4v) is 1.51. The summed E-state index contributed by atoms with van der Waals surface area (Å²) in [4.78, 5) is 8.29. The van der Waals surface area contributed by atoms with E-state index in [1.54, 1.807) is 6.20 Å². The highest BCUT2D eigenvalue weighted by atomic mass is 15.0. The predicted octanol–water partition coefficient (Wildman–Crippen LogP) is 2.15. The summed E-state index contributed by atoms with van der Waals surface area (Å²) in [5, 5.41) is 3.28. The highest BCUT2D eigenvalue weighted by molar-refractivity contribution is 5.37. The van der Waals surface area contributed by atoms with Gasteiger partial charge in [-0.15, -0.1) is 0 Å². The maximum Gasteiger partial charge on any atom is 0.126 e. The molecule has 0 saturated carbocycles. The second kappa shape index (κ2) is 5.30. The Morgan fingerprint density at radius 1 is 1.38 bits per heavy atom. The molecule has 0 aliphatic carbocycles. The van der Waals surface area contributed by atoms with E-state index < -0.39 is 0 Å². The zero-order valence-corrected chi connectivity index (χ0v) is 9.43. The van der Waals surface area contributed by atoms with Crippen LogP contribution in [-0.4, -0.2) is 21.1 Å². The number of imidazole rings is 1. The summed E-state index contributed by atoms with van der Waals surface area (Å²) in [6, 6.07) is 4.10. The Balaban J connectivity index is 2.04. The van der Waals surface area contributed by atoms with Crippen LogP contribution in [0.4, 0.5) is 5.82 Å². The third-order valence-electron chi connectivity index (χ3n) is 2.30. The standard InChI is InChI=1S/C12H16N4/c1-2-4-14-12-8-11(3-5-15-12)9-16-7-6-13-10-16/h3,5-8,10H,2,4,9H2,1H3,(H,14,15). The molecular formula is C12H16N4. The second-order valence-electron chi connectivity index (χ2n) is 3.71. The maximum atomic E-state index is 4.27. The van der Waals surface area contributed by atoms with Gasteiger partial charge in [-0.1, -0.05) is 6.92 Å². The van der Waals surface area contributed by atoms with E-state index >= 15 is 0 Å². The van der Waals surface area contributed by atoms with Gasteiger partial charge in [0.05, 0.1) is 6.33 Å². The van der Waals surface area contributed by atoms with Crippen molar-refractivity contribution in [1.82, 2.24) is 14.5 Å². The van der Waals surface area contributed by atoms with Gasteiger partial charge in [0, 0.05) is 31.7 Å². The van der Waals surface area contributed by atoms with Gasteiger partial charge < -0.3 is 9.88 Å². The Morgan fingerprint density at radius 2 is 2.31 bits per heavy atom. The molecule has 2 rings (SSSR count). The topological polar surface area (TPSA) is 42.7 Å². The van der Waals surface area contributed by atoms with Crippen LogP contribution in [0, 0.1) is 0 Å². The molecule has 0 aliphatic rings. The lowest BCUT2D eigenvalue weighted by atomic mass is 10.2. The summed E-state index contributed by atoms with van der Waals surface area (Å²) in [6.07, 6.45) is 8.51. The zero-order valence-electron chi connectivity index (χ0n) is 9.43. The number of hydrogen-bond acceptors (Lipinski definition) is 3. The first kappa shape index (κ1) is 10.7. The summed E-state index contributed by atoms with van der Waals surface area (Å²) in [7, 11) is 0. The summed E-state index contributed by atoms with van der Waals surface area (Å²) < 4.78 is 2.04. The van der Waals surface area contributed by atoms with E-state index in [4.69, 9.17) is 0 Å². The van der Waals surface area contributed by atoms with E-state index in [9.17, 15) is 0 Å². The minimum absolute atomic E-state index is 0.837. The highest BCUT2D eigenvalue weighted by Crippen LogP contribution is 2.08. The van der Waals surface area contributed by atoms with Crippen LogP contribution in [0.3, 0.4) is 0 Å². The van der Waals surface area contributed by atoms with E-state index in [0.717, 1.165) is 25.3 Å². The molecule has 0 aliphatic heterocycles. The smallest absolute Gasteiger partial charge is 0.126 e. The van der Waals surface area contributed by atoms with Crippen LogP contribution in [0.15, 0.2) is 37.1 Å². The van der Waals surface area contributed by atoms with Crippen molar-refractivity contribution in [3.63, 3.8) is 0 Å². The van der Waals surface area contributed by atoms with Gasteiger partial charge in [-0.25, -0.2) is 9.97 Å². The van der Waals surface area contributed by atoms with Gasteiger partial charge in [0.1, 0.15) is 5.82 Å². The molecule has 4 nitrogen and oxygen atoms in total. The molecule has 84 valence electrons. The average Bonchev–Trinajstić information content (AvgIpc) is 2.80. The molecule has 0 atom stereocenters. The van der Waals surface area contributed by atoms with Crippen molar-refractivity contribution in [3.05, 3.63) is 42.6 Å². The van der Waals surface area contributed by atoms with E-state index in [0.29, 0.717) is 0 Å². The first-order valence-electron chi connectivity index (χ1n) is 5.53. The third-order valence-corrected chi connectivity index (χ3v) is 2.30. The van der Waals surface area contributed by atoms with Crippen LogP contribution in [0.5, 0.6) is 0 Å². The highest BCUT2D eigenvalue weighted by Gasteiger charge is 1.97. The van der Waals surface area contributed by atoms with Crippen LogP contribution >= 0.6 is 0 Å². The van der Waals surface area contributed by atoms with Gasteiger partial charge in [-0.3, -0.25) is 0 Å². The number of rotatable bonds is 5. The summed E-state index contributed by atoms with van der Waals surface area (Å²) in [5.41, 5.74) is 1.23. The Morgan fingerprint density at radius 3 is 3.06 bits per heavy atom. The average molecular weight is 216 g/mol. The summed E-state index contributed by atoms with van der Waals surface area (Å²) >= 11 is 0. The van der Waals surface area contributed by atoms with Crippen molar-refractivity contribution in [2.75, 3.05) is 11.9 Å². The van der Waals surface area contributed by atoms with Crippen molar-refractivity contribution in [2.24, 2.45) is 0 Å². The summed E-state index contributed by atoms with van der Waals surface area (Å²) in [6.45, 7) is 3.94. The zero-order chi connectivity index (χ0) is 11.2. The quantitative estimate of drug-likeness (QED) is 0.832. The van der Waals surface area contributed by atoms with Gasteiger partial charge in [0.15, 0.2) is 0 Å². The largest absolute Gasteiger partial charge is 0.370 e. The Labute approximate surface area is 95.4 Å². The van der Waals surface area contributed by atoms with Gasteiger partial charge in [0.2, 0.25) is 0 Å². The van der Waals surface area contributed by atoms with E-state index in [2.05, 4.69) is 28.3 Å². The maximum absolute atomic E-state index is 4.27. The van der Waals surface area contributed by atoms with Crippen LogP contribution in [-0.2, 0) is 6.54 Å². The molecule has 0 unspecified atom stereocenters. The van der Waals surface area contributed by atoms with Crippen LogP contribution in [0.2, 0.25) is 0 Å². The molecule has 2 aromatic rings. The molecule has 2 heterocycles. The SMILES string of the molecule is CCCNc1cc(Cn2ccnc2)ccn1. The van der Waals surface area contributed by atoms with E-state index in [-0.39, 0.29) is 0 Å². The molecule has 0 bridgehead atoms. The molecule has 0 radical (unpaired) electrons. The van der Waals surface area contributed by atoms with Gasteiger partial charge >= 0.3 is 0 Å². The van der Waals surface area contributed by atoms with Gasteiger partial charge in [-0.2, -0.15) is 0 Å².